The molecule has 0 radical (unpaired) electrons. The van der Waals surface area contributed by atoms with Crippen molar-refractivity contribution in [3.05, 3.63) is 39.6 Å². The van der Waals surface area contributed by atoms with E-state index in [1.807, 2.05) is 4.57 Å². The fraction of sp³-hybridized carbons (Fsp3) is 0.389. The fourth-order valence-corrected chi connectivity index (χ4v) is 4.60. The summed E-state index contributed by atoms with van der Waals surface area (Å²) in [5.41, 5.74) is 5.25. The normalized spacial score (nSPS) is 15.9. The topological polar surface area (TPSA) is 57.0 Å². The van der Waals surface area contributed by atoms with E-state index in [9.17, 15) is 4.79 Å². The summed E-state index contributed by atoms with van der Waals surface area (Å²) in [5, 5.41) is 9.04. The molecule has 0 atom stereocenters. The number of allylic oxidation sites excluding steroid dienone is 1. The van der Waals surface area contributed by atoms with Gasteiger partial charge in [0.25, 0.3) is 0 Å². The van der Waals surface area contributed by atoms with Gasteiger partial charge in [0.1, 0.15) is 0 Å². The van der Waals surface area contributed by atoms with Gasteiger partial charge in [0, 0.05) is 5.56 Å². The Balaban J connectivity index is 1.77. The lowest BCUT2D eigenvalue weighted by atomic mass is 9.89. The van der Waals surface area contributed by atoms with Crippen molar-refractivity contribution in [1.82, 2.24) is 14.8 Å². The molecule has 5 nitrogen and oxygen atoms in total. The molecule has 25 heavy (non-hydrogen) atoms. The second kappa shape index (κ2) is 6.96. The quantitative estimate of drug-likeness (QED) is 0.538. The zero-order valence-corrected chi connectivity index (χ0v) is 16.3. The minimum Gasteiger partial charge on any atom is -0.468 e. The van der Waals surface area contributed by atoms with Crippen LogP contribution in [-0.4, -0.2) is 33.6 Å². The number of esters is 1. The van der Waals surface area contributed by atoms with Gasteiger partial charge in [0.05, 0.1) is 18.6 Å². The van der Waals surface area contributed by atoms with Gasteiger partial charge in [-0.3, -0.25) is 9.36 Å². The minimum absolute atomic E-state index is 0.208. The second-order valence-corrected chi connectivity index (χ2v) is 7.89. The van der Waals surface area contributed by atoms with Gasteiger partial charge in [-0.2, -0.15) is 0 Å². The molecule has 0 aliphatic heterocycles. The van der Waals surface area contributed by atoms with E-state index >= 15 is 0 Å². The molecule has 0 saturated heterocycles. The molecule has 0 bridgehead atoms. The summed E-state index contributed by atoms with van der Waals surface area (Å²) in [6.07, 6.45) is 9.20. The van der Waals surface area contributed by atoms with E-state index in [-0.39, 0.29) is 11.7 Å². The summed E-state index contributed by atoms with van der Waals surface area (Å²) in [6, 6.07) is 4.41. The minimum atomic E-state index is -0.276. The van der Waals surface area contributed by atoms with Crippen LogP contribution in [0.5, 0.6) is 0 Å². The maximum absolute atomic E-state index is 11.5. The molecule has 0 N–H and O–H groups in total. The van der Waals surface area contributed by atoms with Crippen LogP contribution in [0.1, 0.15) is 41.9 Å². The van der Waals surface area contributed by atoms with E-state index in [1.165, 1.54) is 48.4 Å². The number of thioether (sulfide) groups is 1. The number of hydrogen-bond acceptors (Lipinski definition) is 5. The first-order valence-corrected chi connectivity index (χ1v) is 10.1. The SMILES string of the molecule is COC(=O)CSc1nnc(Br)n1-c1ccc(C2CC2)c2c1C=CCC2. The van der Waals surface area contributed by atoms with Crippen molar-refractivity contribution in [3.63, 3.8) is 0 Å². The molecule has 130 valence electrons. The van der Waals surface area contributed by atoms with Crippen LogP contribution < -0.4 is 0 Å². The summed E-state index contributed by atoms with van der Waals surface area (Å²) in [7, 11) is 1.39. The smallest absolute Gasteiger partial charge is 0.316 e. The number of fused-ring (bicyclic) bond motifs is 1. The number of ether oxygens (including phenoxy) is 1. The number of carbonyl (C=O) groups excluding carboxylic acids is 1. The van der Waals surface area contributed by atoms with Crippen LogP contribution in [0.2, 0.25) is 0 Å². The fourth-order valence-electron chi connectivity index (χ4n) is 3.27. The van der Waals surface area contributed by atoms with Gasteiger partial charge in [0.15, 0.2) is 5.16 Å². The number of carbonyl (C=O) groups is 1. The number of hydrogen-bond donors (Lipinski definition) is 0. The lowest BCUT2D eigenvalue weighted by Gasteiger charge is -2.20. The molecule has 0 unspecified atom stereocenters. The molecule has 7 heteroatoms. The Kier molecular flexibility index (Phi) is 4.69. The van der Waals surface area contributed by atoms with Crippen LogP contribution in [0.3, 0.4) is 0 Å². The van der Waals surface area contributed by atoms with Crippen LogP contribution in [-0.2, 0) is 16.0 Å². The molecule has 1 fully saturated rings. The van der Waals surface area contributed by atoms with Crippen molar-refractivity contribution in [3.8, 4) is 5.69 Å². The summed E-state index contributed by atoms with van der Waals surface area (Å²) in [6.45, 7) is 0. The van der Waals surface area contributed by atoms with Gasteiger partial charge in [-0.05, 0) is 64.7 Å². The highest BCUT2D eigenvalue weighted by Gasteiger charge is 2.29. The first-order chi connectivity index (χ1) is 12.2. The first kappa shape index (κ1) is 16.8. The maximum atomic E-state index is 11.5. The summed E-state index contributed by atoms with van der Waals surface area (Å²) in [4.78, 5) is 11.5. The number of benzene rings is 1. The standard InChI is InChI=1S/C18H18BrN3O2S/c1-24-16(23)10-25-18-21-20-17(19)22(18)15-9-8-12(11-6-7-11)13-4-2-3-5-14(13)15/h3,5,8-9,11H,2,4,6-7,10H2,1H3. The Morgan fingerprint density at radius 2 is 2.24 bits per heavy atom. The summed E-state index contributed by atoms with van der Waals surface area (Å²) < 4.78 is 7.33. The highest BCUT2D eigenvalue weighted by atomic mass is 79.9. The molecule has 2 aromatic rings. The third-order valence-electron chi connectivity index (χ3n) is 4.61. The van der Waals surface area contributed by atoms with Gasteiger partial charge >= 0.3 is 5.97 Å². The summed E-state index contributed by atoms with van der Waals surface area (Å²) in [5.74, 6) is 0.660. The maximum Gasteiger partial charge on any atom is 0.316 e. The van der Waals surface area contributed by atoms with Crippen molar-refractivity contribution >= 4 is 39.7 Å². The zero-order chi connectivity index (χ0) is 17.4. The Morgan fingerprint density at radius 1 is 1.40 bits per heavy atom. The molecule has 1 saturated carbocycles. The molecule has 1 aromatic heterocycles. The predicted molar refractivity (Wildman–Crippen MR) is 101 cm³/mol. The van der Waals surface area contributed by atoms with E-state index in [0.717, 1.165) is 24.4 Å². The molecular weight excluding hydrogens is 402 g/mol. The predicted octanol–water partition coefficient (Wildman–Crippen LogP) is 4.13. The van der Waals surface area contributed by atoms with Crippen molar-refractivity contribution in [2.45, 2.75) is 36.8 Å². The Hall–Kier alpha value is -1.60. The third kappa shape index (κ3) is 3.27. The van der Waals surface area contributed by atoms with Gasteiger partial charge in [0.2, 0.25) is 4.73 Å². The Bertz CT molecular complexity index is 858. The van der Waals surface area contributed by atoms with E-state index < -0.39 is 0 Å². The lowest BCUT2D eigenvalue weighted by molar-refractivity contribution is -0.137. The van der Waals surface area contributed by atoms with E-state index in [2.05, 4.69) is 50.4 Å². The van der Waals surface area contributed by atoms with E-state index in [1.54, 1.807) is 0 Å². The number of methoxy groups -OCH3 is 1. The van der Waals surface area contributed by atoms with Crippen molar-refractivity contribution < 1.29 is 9.53 Å². The van der Waals surface area contributed by atoms with Gasteiger partial charge in [-0.1, -0.05) is 30.0 Å². The summed E-state index contributed by atoms with van der Waals surface area (Å²) >= 11 is 4.83. The Labute approximate surface area is 159 Å². The highest BCUT2D eigenvalue weighted by molar-refractivity contribution is 9.10. The second-order valence-electron chi connectivity index (χ2n) is 6.23. The molecule has 0 amide bonds. The first-order valence-electron chi connectivity index (χ1n) is 8.32. The van der Waals surface area contributed by atoms with Gasteiger partial charge < -0.3 is 4.74 Å². The molecule has 2 aliphatic rings. The molecule has 0 spiro atoms. The monoisotopic (exact) mass is 419 g/mol. The van der Waals surface area contributed by atoms with Crippen molar-refractivity contribution in [1.29, 1.82) is 0 Å². The van der Waals surface area contributed by atoms with Crippen LogP contribution in [0.25, 0.3) is 11.8 Å². The van der Waals surface area contributed by atoms with E-state index in [4.69, 9.17) is 4.74 Å². The number of halogens is 1. The largest absolute Gasteiger partial charge is 0.468 e. The van der Waals surface area contributed by atoms with Crippen LogP contribution in [0.15, 0.2) is 28.1 Å². The number of aromatic nitrogens is 3. The lowest BCUT2D eigenvalue weighted by Crippen LogP contribution is -2.08. The van der Waals surface area contributed by atoms with Crippen molar-refractivity contribution in [2.75, 3.05) is 12.9 Å². The molecule has 4 rings (SSSR count). The zero-order valence-electron chi connectivity index (χ0n) is 13.9. The molecular formula is C18H18BrN3O2S. The van der Waals surface area contributed by atoms with Crippen LogP contribution in [0.4, 0.5) is 0 Å². The van der Waals surface area contributed by atoms with Gasteiger partial charge in [-0.15, -0.1) is 10.2 Å². The third-order valence-corrected chi connectivity index (χ3v) is 6.03. The van der Waals surface area contributed by atoms with Crippen LogP contribution in [0, 0.1) is 0 Å². The molecule has 1 heterocycles. The highest BCUT2D eigenvalue weighted by Crippen LogP contribution is 2.45. The average Bonchev–Trinajstić information content (AvgIpc) is 3.42. The number of rotatable bonds is 5. The van der Waals surface area contributed by atoms with Crippen molar-refractivity contribution in [2.24, 2.45) is 0 Å². The molecule has 1 aromatic carbocycles. The Morgan fingerprint density at radius 3 is 3.00 bits per heavy atom. The average molecular weight is 420 g/mol. The van der Waals surface area contributed by atoms with E-state index in [0.29, 0.717) is 9.89 Å². The van der Waals surface area contributed by atoms with Crippen LogP contribution >= 0.6 is 27.7 Å². The molecule has 2 aliphatic carbocycles. The van der Waals surface area contributed by atoms with Gasteiger partial charge in [-0.25, -0.2) is 0 Å². The number of nitrogens with zero attached hydrogens (tertiary/aromatic N) is 3.